The molecule has 2 aromatic heterocycles. The minimum Gasteiger partial charge on any atom is -0.403 e. The van der Waals surface area contributed by atoms with Gasteiger partial charge in [0, 0.05) is 42.0 Å². The number of hydrogen-bond donors (Lipinski definition) is 3. The third kappa shape index (κ3) is 3.32. The Balaban J connectivity index is 1.89. The normalized spacial score (nSPS) is 11.7. The summed E-state index contributed by atoms with van der Waals surface area (Å²) in [5.74, 6) is -0.627. The van der Waals surface area contributed by atoms with Gasteiger partial charge in [0.1, 0.15) is 0 Å². The molecule has 0 aliphatic heterocycles. The van der Waals surface area contributed by atoms with Crippen molar-refractivity contribution in [3.63, 3.8) is 0 Å². The van der Waals surface area contributed by atoms with Crippen LogP contribution < -0.4 is 21.9 Å². The van der Waals surface area contributed by atoms with Crippen molar-refractivity contribution in [3.05, 3.63) is 48.8 Å². The fraction of sp³-hybridized carbons (Fsp3) is 0.100. The number of halogens is 3. The fourth-order valence-electron chi connectivity index (χ4n) is 3.33. The highest BCUT2D eigenvalue weighted by Crippen LogP contribution is 2.42. The molecule has 10 heteroatoms. The molecule has 0 aliphatic carbocycles. The van der Waals surface area contributed by atoms with E-state index in [1.165, 1.54) is 6.20 Å². The number of para-hydroxylation sites is 1. The topological polar surface area (TPSA) is 118 Å². The number of nitrogens with two attached hydrogens (primary N) is 3. The second-order valence-electron chi connectivity index (χ2n) is 6.65. The predicted molar refractivity (Wildman–Crippen MR) is 109 cm³/mol. The van der Waals surface area contributed by atoms with E-state index in [1.54, 1.807) is 6.07 Å². The van der Waals surface area contributed by atoms with E-state index in [0.717, 1.165) is 22.5 Å². The molecule has 0 aliphatic rings. The number of fused-ring (bicyclic) bond motifs is 1. The van der Waals surface area contributed by atoms with Gasteiger partial charge in [-0.3, -0.25) is 0 Å². The molecule has 0 saturated carbocycles. The third-order valence-electron chi connectivity index (χ3n) is 4.68. The lowest BCUT2D eigenvalue weighted by Crippen LogP contribution is -2.19. The molecular weight excluding hydrogens is 397 g/mol. The highest BCUT2D eigenvalue weighted by molar-refractivity contribution is 5.96. The Hall–Kier alpha value is -3.95. The number of ether oxygens (including phenoxy) is 1. The summed E-state index contributed by atoms with van der Waals surface area (Å²) in [5.41, 5.74) is 19.6. The monoisotopic (exact) mass is 414 g/mol. The zero-order chi connectivity index (χ0) is 21.6. The summed E-state index contributed by atoms with van der Waals surface area (Å²) in [7, 11) is 1.91. The van der Waals surface area contributed by atoms with Crippen LogP contribution in [0.2, 0.25) is 0 Å². The van der Waals surface area contributed by atoms with Crippen molar-refractivity contribution in [1.29, 1.82) is 0 Å². The van der Waals surface area contributed by atoms with Gasteiger partial charge < -0.3 is 26.5 Å². The number of aromatic nitrogens is 3. The summed E-state index contributed by atoms with van der Waals surface area (Å²) in [6.45, 7) is 0. The van der Waals surface area contributed by atoms with Crippen LogP contribution in [0.3, 0.4) is 0 Å². The van der Waals surface area contributed by atoms with Gasteiger partial charge in [0.05, 0.1) is 28.3 Å². The standard InChI is InChI=1S/C20H17F3N6O/c1-29-9-11(10-4-2-3-5-14(10)29)13-6-7-27-19(28-13)16-17(25)12(24)8-15(18(16)26)30-20(21,22)23/h2-9H,24-26H2,1H3. The molecule has 6 N–H and O–H groups in total. The molecule has 4 rings (SSSR count). The molecule has 0 amide bonds. The third-order valence-corrected chi connectivity index (χ3v) is 4.68. The molecule has 0 fully saturated rings. The van der Waals surface area contributed by atoms with Crippen LogP contribution in [-0.4, -0.2) is 20.9 Å². The van der Waals surface area contributed by atoms with E-state index < -0.39 is 12.1 Å². The predicted octanol–water partition coefficient (Wildman–Crippen LogP) is 3.95. The molecule has 0 bridgehead atoms. The van der Waals surface area contributed by atoms with Gasteiger partial charge in [-0.2, -0.15) is 0 Å². The Morgan fingerprint density at radius 3 is 2.50 bits per heavy atom. The minimum atomic E-state index is -4.94. The molecule has 0 atom stereocenters. The molecule has 154 valence electrons. The second kappa shape index (κ2) is 6.83. The first-order valence-electron chi connectivity index (χ1n) is 8.76. The molecule has 0 saturated heterocycles. The van der Waals surface area contributed by atoms with Crippen molar-refractivity contribution in [2.75, 3.05) is 17.2 Å². The van der Waals surface area contributed by atoms with E-state index in [-0.39, 0.29) is 28.5 Å². The fourth-order valence-corrected chi connectivity index (χ4v) is 3.33. The van der Waals surface area contributed by atoms with Crippen molar-refractivity contribution in [3.8, 4) is 28.4 Å². The Kier molecular flexibility index (Phi) is 4.41. The number of nitrogen functional groups attached to an aromatic ring is 3. The Bertz CT molecular complexity index is 1270. The molecule has 0 unspecified atom stereocenters. The van der Waals surface area contributed by atoms with Crippen LogP contribution in [0.4, 0.5) is 30.2 Å². The molecule has 2 heterocycles. The number of aryl methyl sites for hydroxylation is 1. The lowest BCUT2D eigenvalue weighted by atomic mass is 10.1. The maximum atomic E-state index is 12.7. The van der Waals surface area contributed by atoms with Crippen molar-refractivity contribution in [2.45, 2.75) is 6.36 Å². The van der Waals surface area contributed by atoms with Gasteiger partial charge in [-0.1, -0.05) is 18.2 Å². The van der Waals surface area contributed by atoms with Gasteiger partial charge in [0.2, 0.25) is 0 Å². The van der Waals surface area contributed by atoms with Gasteiger partial charge in [-0.15, -0.1) is 13.2 Å². The largest absolute Gasteiger partial charge is 0.573 e. The number of benzene rings is 2. The van der Waals surface area contributed by atoms with Crippen LogP contribution in [0.1, 0.15) is 0 Å². The Morgan fingerprint density at radius 2 is 1.77 bits per heavy atom. The van der Waals surface area contributed by atoms with Crippen LogP contribution >= 0.6 is 0 Å². The van der Waals surface area contributed by atoms with Crippen LogP contribution in [0.5, 0.6) is 5.75 Å². The van der Waals surface area contributed by atoms with E-state index in [4.69, 9.17) is 17.2 Å². The summed E-state index contributed by atoms with van der Waals surface area (Å²) < 4.78 is 44.2. The zero-order valence-corrected chi connectivity index (χ0v) is 15.7. The van der Waals surface area contributed by atoms with Crippen LogP contribution in [-0.2, 0) is 7.05 Å². The molecule has 0 radical (unpaired) electrons. The lowest BCUT2D eigenvalue weighted by Gasteiger charge is -2.17. The number of hydrogen-bond acceptors (Lipinski definition) is 6. The Labute approximate surface area is 168 Å². The first-order valence-corrected chi connectivity index (χ1v) is 8.76. The molecule has 30 heavy (non-hydrogen) atoms. The van der Waals surface area contributed by atoms with Gasteiger partial charge in [0.15, 0.2) is 11.6 Å². The van der Waals surface area contributed by atoms with Crippen molar-refractivity contribution >= 4 is 28.0 Å². The molecule has 0 spiro atoms. The summed E-state index contributed by atoms with van der Waals surface area (Å²) in [6.07, 6.45) is -1.56. The quantitative estimate of drug-likeness (QED) is 0.437. The van der Waals surface area contributed by atoms with E-state index in [9.17, 15) is 13.2 Å². The van der Waals surface area contributed by atoms with Crippen molar-refractivity contribution < 1.29 is 17.9 Å². The minimum absolute atomic E-state index is 0.0173. The summed E-state index contributed by atoms with van der Waals surface area (Å²) in [5, 5.41) is 0.958. The average molecular weight is 414 g/mol. The van der Waals surface area contributed by atoms with Crippen LogP contribution in [0.25, 0.3) is 33.5 Å². The van der Waals surface area contributed by atoms with Gasteiger partial charge >= 0.3 is 6.36 Å². The Morgan fingerprint density at radius 1 is 1.03 bits per heavy atom. The zero-order valence-electron chi connectivity index (χ0n) is 15.7. The molecule has 4 aromatic rings. The first kappa shape index (κ1) is 19.4. The molecular formula is C20H17F3N6O. The number of alkyl halides is 3. The SMILES string of the molecule is Cn1cc(-c2ccnc(-c3c(N)c(N)cc(OC(F)(F)F)c3N)n2)c2ccccc21. The lowest BCUT2D eigenvalue weighted by molar-refractivity contribution is -0.274. The molecule has 7 nitrogen and oxygen atoms in total. The molecule has 2 aromatic carbocycles. The highest BCUT2D eigenvalue weighted by Gasteiger charge is 2.33. The summed E-state index contributed by atoms with van der Waals surface area (Å²) in [4.78, 5) is 8.65. The van der Waals surface area contributed by atoms with E-state index in [0.29, 0.717) is 5.69 Å². The summed E-state index contributed by atoms with van der Waals surface area (Å²) >= 11 is 0. The smallest absolute Gasteiger partial charge is 0.403 e. The van der Waals surface area contributed by atoms with Crippen molar-refractivity contribution in [2.24, 2.45) is 7.05 Å². The van der Waals surface area contributed by atoms with Crippen LogP contribution in [0.15, 0.2) is 48.8 Å². The van der Waals surface area contributed by atoms with E-state index in [2.05, 4.69) is 14.7 Å². The number of rotatable bonds is 3. The van der Waals surface area contributed by atoms with E-state index >= 15 is 0 Å². The number of anilines is 3. The van der Waals surface area contributed by atoms with E-state index in [1.807, 2.05) is 42.1 Å². The maximum Gasteiger partial charge on any atom is 0.573 e. The first-order chi connectivity index (χ1) is 14.2. The van der Waals surface area contributed by atoms with Gasteiger partial charge in [-0.25, -0.2) is 9.97 Å². The van der Waals surface area contributed by atoms with Crippen molar-refractivity contribution in [1.82, 2.24) is 14.5 Å². The number of nitrogens with zero attached hydrogens (tertiary/aromatic N) is 3. The maximum absolute atomic E-state index is 12.7. The second-order valence-corrected chi connectivity index (χ2v) is 6.65. The van der Waals surface area contributed by atoms with Crippen LogP contribution in [0, 0.1) is 0 Å². The average Bonchev–Trinajstić information content (AvgIpc) is 3.03. The summed E-state index contributed by atoms with van der Waals surface area (Å²) in [6, 6.07) is 10.4. The highest BCUT2D eigenvalue weighted by atomic mass is 19.4. The van der Waals surface area contributed by atoms with Gasteiger partial charge in [-0.05, 0) is 12.1 Å². The van der Waals surface area contributed by atoms with Gasteiger partial charge in [0.25, 0.3) is 0 Å².